The predicted molar refractivity (Wildman–Crippen MR) is 123 cm³/mol. The fourth-order valence-corrected chi connectivity index (χ4v) is 3.91. The zero-order chi connectivity index (χ0) is 22.1. The summed E-state index contributed by atoms with van der Waals surface area (Å²) in [4.78, 5) is 28.5. The van der Waals surface area contributed by atoms with Crippen LogP contribution in [-0.4, -0.2) is 18.9 Å². The maximum absolute atomic E-state index is 13.6. The van der Waals surface area contributed by atoms with E-state index in [4.69, 9.17) is 4.74 Å². The van der Waals surface area contributed by atoms with Crippen molar-refractivity contribution in [3.05, 3.63) is 94.7 Å². The van der Waals surface area contributed by atoms with Gasteiger partial charge in [-0.3, -0.25) is 9.59 Å². The summed E-state index contributed by atoms with van der Waals surface area (Å²) < 4.78 is 5.43. The number of ether oxygens (including phenoxy) is 1. The van der Waals surface area contributed by atoms with E-state index in [9.17, 15) is 9.59 Å². The number of nitrogens with one attached hydrogen (secondary N) is 1. The molecular weight excluding hydrogens is 388 g/mol. The summed E-state index contributed by atoms with van der Waals surface area (Å²) >= 11 is 0. The summed E-state index contributed by atoms with van der Waals surface area (Å²) in [7, 11) is 1.57. The van der Waals surface area contributed by atoms with Gasteiger partial charge < -0.3 is 10.1 Å². The topological polar surface area (TPSA) is 58.6 Å². The lowest BCUT2D eigenvalue weighted by molar-refractivity contribution is -0.120. The molecule has 0 saturated heterocycles. The van der Waals surface area contributed by atoms with Crippen LogP contribution in [-0.2, 0) is 9.59 Å². The Morgan fingerprint density at radius 2 is 1.52 bits per heavy atom. The van der Waals surface area contributed by atoms with Crippen LogP contribution < -0.4 is 15.0 Å². The number of anilines is 2. The second-order valence-electron chi connectivity index (χ2n) is 7.63. The van der Waals surface area contributed by atoms with E-state index in [2.05, 4.69) is 5.32 Å². The van der Waals surface area contributed by atoms with Crippen molar-refractivity contribution in [1.29, 1.82) is 0 Å². The molecule has 0 radical (unpaired) electrons. The molecule has 0 spiro atoms. The number of carbonyl (C=O) groups is 2. The zero-order valence-corrected chi connectivity index (χ0v) is 18.0. The molecule has 3 aromatic rings. The van der Waals surface area contributed by atoms with Gasteiger partial charge in [-0.25, -0.2) is 4.90 Å². The predicted octanol–water partition coefficient (Wildman–Crippen LogP) is 5.02. The van der Waals surface area contributed by atoms with E-state index in [1.54, 1.807) is 19.2 Å². The summed E-state index contributed by atoms with van der Waals surface area (Å²) in [6, 6.07) is 20.6. The van der Waals surface area contributed by atoms with Gasteiger partial charge in [0.25, 0.3) is 11.8 Å². The molecule has 5 heteroatoms. The molecule has 0 unspecified atom stereocenters. The molecule has 156 valence electrons. The molecule has 0 saturated carbocycles. The third-order valence-electron chi connectivity index (χ3n) is 5.46. The van der Waals surface area contributed by atoms with Crippen molar-refractivity contribution in [3.8, 4) is 5.75 Å². The molecule has 0 atom stereocenters. The Morgan fingerprint density at radius 1 is 0.806 bits per heavy atom. The number of imide groups is 1. The number of hydrogen-bond acceptors (Lipinski definition) is 4. The van der Waals surface area contributed by atoms with Crippen molar-refractivity contribution in [2.75, 3.05) is 17.3 Å². The van der Waals surface area contributed by atoms with Crippen molar-refractivity contribution in [1.82, 2.24) is 0 Å². The molecular formula is C26H24N2O3. The Hall–Kier alpha value is -3.86. The van der Waals surface area contributed by atoms with E-state index in [1.165, 1.54) is 4.90 Å². The quantitative estimate of drug-likeness (QED) is 0.598. The summed E-state index contributed by atoms with van der Waals surface area (Å²) in [5.74, 6) is -0.145. The number of aryl methyl sites for hydroxylation is 3. The Morgan fingerprint density at radius 3 is 2.23 bits per heavy atom. The molecule has 3 aromatic carbocycles. The molecule has 1 aliphatic rings. The SMILES string of the molecule is COc1ccccc1NC1=C(c2ccc(C)cc2C)C(=O)N(c2ccccc2C)C1=O. The Labute approximate surface area is 182 Å². The Balaban J connectivity index is 1.90. The first kappa shape index (κ1) is 20.4. The standard InChI is InChI=1S/C26H24N2O3/c1-16-13-14-19(18(3)15-16)23-24(27-20-10-6-8-12-22(20)31-4)26(30)28(25(23)29)21-11-7-5-9-17(21)2/h5-15,27H,1-4H3. The average Bonchev–Trinajstić information content (AvgIpc) is 2.99. The summed E-state index contributed by atoms with van der Waals surface area (Å²) in [5, 5.41) is 3.19. The molecule has 4 rings (SSSR count). The highest BCUT2D eigenvalue weighted by Gasteiger charge is 2.41. The molecule has 1 N–H and O–H groups in total. The van der Waals surface area contributed by atoms with Crippen molar-refractivity contribution < 1.29 is 14.3 Å². The fraction of sp³-hybridized carbons (Fsp3) is 0.154. The lowest BCUT2D eigenvalue weighted by atomic mass is 9.97. The normalized spacial score (nSPS) is 13.7. The van der Waals surface area contributed by atoms with E-state index >= 15 is 0 Å². The minimum atomic E-state index is -0.389. The van der Waals surface area contributed by atoms with E-state index in [0.29, 0.717) is 22.7 Å². The van der Waals surface area contributed by atoms with Gasteiger partial charge in [-0.2, -0.15) is 0 Å². The van der Waals surface area contributed by atoms with Crippen LogP contribution in [0.5, 0.6) is 5.75 Å². The van der Waals surface area contributed by atoms with Crippen LogP contribution >= 0.6 is 0 Å². The number of methoxy groups -OCH3 is 1. The van der Waals surface area contributed by atoms with E-state index in [1.807, 2.05) is 75.4 Å². The van der Waals surface area contributed by atoms with Crippen molar-refractivity contribution in [2.24, 2.45) is 0 Å². The number of amides is 2. The molecule has 0 aromatic heterocycles. The first-order valence-electron chi connectivity index (χ1n) is 10.1. The molecule has 0 fully saturated rings. The van der Waals surface area contributed by atoms with Gasteiger partial charge >= 0.3 is 0 Å². The van der Waals surface area contributed by atoms with Gasteiger partial charge in [0, 0.05) is 0 Å². The third-order valence-corrected chi connectivity index (χ3v) is 5.46. The van der Waals surface area contributed by atoms with E-state index in [-0.39, 0.29) is 17.5 Å². The van der Waals surface area contributed by atoms with Gasteiger partial charge in [0.15, 0.2) is 0 Å². The first-order chi connectivity index (χ1) is 14.9. The van der Waals surface area contributed by atoms with Crippen LogP contribution in [0.25, 0.3) is 5.57 Å². The summed E-state index contributed by atoms with van der Waals surface area (Å²) in [5.41, 5.74) is 5.41. The van der Waals surface area contributed by atoms with Crippen molar-refractivity contribution >= 4 is 28.8 Å². The number of hydrogen-bond donors (Lipinski definition) is 1. The van der Waals surface area contributed by atoms with Gasteiger partial charge in [0.1, 0.15) is 11.4 Å². The largest absolute Gasteiger partial charge is 0.495 e. The summed E-state index contributed by atoms with van der Waals surface area (Å²) in [6.07, 6.45) is 0. The lowest BCUT2D eigenvalue weighted by Crippen LogP contribution is -2.33. The van der Waals surface area contributed by atoms with E-state index in [0.717, 1.165) is 22.3 Å². The Bertz CT molecular complexity index is 1230. The van der Waals surface area contributed by atoms with Crippen molar-refractivity contribution in [2.45, 2.75) is 20.8 Å². The third kappa shape index (κ3) is 3.59. The molecule has 0 aliphatic carbocycles. The van der Waals surface area contributed by atoms with Crippen LogP contribution in [0, 0.1) is 20.8 Å². The average molecular weight is 412 g/mol. The smallest absolute Gasteiger partial charge is 0.282 e. The lowest BCUT2D eigenvalue weighted by Gasteiger charge is -2.18. The van der Waals surface area contributed by atoms with Crippen LogP contribution in [0.3, 0.4) is 0 Å². The molecule has 5 nitrogen and oxygen atoms in total. The number of rotatable bonds is 5. The second kappa shape index (κ2) is 8.11. The van der Waals surface area contributed by atoms with Gasteiger partial charge in [-0.05, 0) is 55.7 Å². The minimum Gasteiger partial charge on any atom is -0.495 e. The number of benzene rings is 3. The molecule has 1 heterocycles. The van der Waals surface area contributed by atoms with Crippen LogP contribution in [0.4, 0.5) is 11.4 Å². The number of nitrogens with zero attached hydrogens (tertiary/aromatic N) is 1. The highest BCUT2D eigenvalue weighted by molar-refractivity contribution is 6.46. The maximum atomic E-state index is 13.6. The Kier molecular flexibility index (Phi) is 5.34. The molecule has 31 heavy (non-hydrogen) atoms. The monoisotopic (exact) mass is 412 g/mol. The van der Waals surface area contributed by atoms with Gasteiger partial charge in [0.05, 0.1) is 24.1 Å². The maximum Gasteiger partial charge on any atom is 0.282 e. The van der Waals surface area contributed by atoms with Gasteiger partial charge in [0.2, 0.25) is 0 Å². The molecule has 2 amide bonds. The summed E-state index contributed by atoms with van der Waals surface area (Å²) in [6.45, 7) is 5.84. The van der Waals surface area contributed by atoms with Gasteiger partial charge in [-0.1, -0.05) is 54.1 Å². The number of para-hydroxylation sites is 3. The first-order valence-corrected chi connectivity index (χ1v) is 10.1. The molecule has 1 aliphatic heterocycles. The highest BCUT2D eigenvalue weighted by atomic mass is 16.5. The van der Waals surface area contributed by atoms with Crippen LogP contribution in [0.1, 0.15) is 22.3 Å². The number of carbonyl (C=O) groups excluding carboxylic acids is 2. The van der Waals surface area contributed by atoms with Crippen LogP contribution in [0.15, 0.2) is 72.4 Å². The fourth-order valence-electron chi connectivity index (χ4n) is 3.91. The molecule has 0 bridgehead atoms. The minimum absolute atomic E-state index is 0.240. The zero-order valence-electron chi connectivity index (χ0n) is 18.0. The van der Waals surface area contributed by atoms with E-state index < -0.39 is 0 Å². The second-order valence-corrected chi connectivity index (χ2v) is 7.63. The van der Waals surface area contributed by atoms with Crippen molar-refractivity contribution in [3.63, 3.8) is 0 Å². The van der Waals surface area contributed by atoms with Crippen LogP contribution in [0.2, 0.25) is 0 Å². The highest BCUT2D eigenvalue weighted by Crippen LogP contribution is 2.37. The van der Waals surface area contributed by atoms with Gasteiger partial charge in [-0.15, -0.1) is 0 Å².